The fraction of sp³-hybridized carbons (Fsp3) is 0.239. The van der Waals surface area contributed by atoms with Crippen molar-refractivity contribution in [2.75, 3.05) is 46.1 Å². The summed E-state index contributed by atoms with van der Waals surface area (Å²) < 4.78 is 114. The summed E-state index contributed by atoms with van der Waals surface area (Å²) in [5.74, 6) is -16.9. The van der Waals surface area contributed by atoms with Gasteiger partial charge in [-0.1, -0.05) is 64.1 Å². The lowest BCUT2D eigenvalue weighted by Gasteiger charge is -2.30. The van der Waals surface area contributed by atoms with E-state index in [2.05, 4.69) is 25.8 Å². The number of alkyl halides is 6. The Labute approximate surface area is 589 Å². The summed E-state index contributed by atoms with van der Waals surface area (Å²) in [7, 11) is 0. The van der Waals surface area contributed by atoms with Crippen LogP contribution in [0.15, 0.2) is 145 Å². The highest BCUT2D eigenvalue weighted by molar-refractivity contribution is 7.21. The third-order valence-electron chi connectivity index (χ3n) is 14.2. The van der Waals surface area contributed by atoms with Gasteiger partial charge in [0.1, 0.15) is 19.3 Å². The highest BCUT2D eigenvalue weighted by Gasteiger charge is 2.47. The number of aliphatic carboxylic acids is 1. The summed E-state index contributed by atoms with van der Waals surface area (Å²) in [5.41, 5.74) is 7.12. The minimum Gasteiger partial charge on any atom is -0.486 e. The molecule has 13 nitrogen and oxygen atoms in total. The fourth-order valence-corrected chi connectivity index (χ4v) is 15.2. The third-order valence-corrected chi connectivity index (χ3v) is 21.0. The molecule has 504 valence electrons. The summed E-state index contributed by atoms with van der Waals surface area (Å²) in [6, 6.07) is 37.5. The molecule has 11 aromatic rings. The van der Waals surface area contributed by atoms with Crippen LogP contribution in [0.2, 0.25) is 25.1 Å². The molecule has 0 amide bonds. The van der Waals surface area contributed by atoms with E-state index in [1.165, 1.54) is 46.5 Å². The normalized spacial score (nSPS) is 13.7. The van der Waals surface area contributed by atoms with Crippen molar-refractivity contribution in [1.82, 2.24) is 4.90 Å². The number of hydrogen-bond donors (Lipinski definition) is 2. The summed E-state index contributed by atoms with van der Waals surface area (Å²) in [5, 5.41) is 17.0. The molecule has 0 saturated carbocycles. The maximum absolute atomic E-state index is 15.3. The number of halogens is 11. The first-order valence-corrected chi connectivity index (χ1v) is 34.9. The zero-order valence-corrected chi connectivity index (χ0v) is 58.0. The summed E-state index contributed by atoms with van der Waals surface area (Å²) in [4.78, 5) is 58.7. The molecule has 6 aromatic carbocycles. The molecular weight excluding hydrogens is 1460 g/mol. The van der Waals surface area contributed by atoms with Crippen LogP contribution in [0.25, 0.3) is 50.4 Å². The molecule has 5 aromatic heterocycles. The Morgan fingerprint density at radius 1 is 0.531 bits per heavy atom. The number of carboxylic acid groups (broad SMARTS) is 1. The maximum Gasteiger partial charge on any atom is 0.383 e. The van der Waals surface area contributed by atoms with Crippen LogP contribution in [0.5, 0.6) is 11.5 Å². The number of hydrogen-bond acceptors (Lipinski definition) is 17. The number of esters is 3. The number of thiophene rings is 5. The molecule has 0 aliphatic carbocycles. The molecule has 0 spiro atoms. The number of carbonyl (C=O) groups is 5. The highest BCUT2D eigenvalue weighted by Crippen LogP contribution is 2.43. The van der Waals surface area contributed by atoms with Crippen molar-refractivity contribution in [3.8, 4) is 11.5 Å². The molecule has 7 heterocycles. The van der Waals surface area contributed by atoms with Gasteiger partial charge in [0.25, 0.3) is 5.78 Å². The predicted octanol–water partition coefficient (Wildman–Crippen LogP) is 19.9. The van der Waals surface area contributed by atoms with Gasteiger partial charge in [-0.3, -0.25) is 9.69 Å². The van der Waals surface area contributed by atoms with Gasteiger partial charge in [-0.2, -0.15) is 26.3 Å². The Hall–Kier alpha value is -6.78. The van der Waals surface area contributed by atoms with Crippen LogP contribution in [-0.2, 0) is 51.2 Å². The number of likely N-dealkylation sites (tertiary alicyclic amines) is 1. The zero-order chi connectivity index (χ0) is 69.2. The van der Waals surface area contributed by atoms with Crippen molar-refractivity contribution in [3.05, 3.63) is 195 Å². The van der Waals surface area contributed by atoms with Gasteiger partial charge in [-0.05, 0) is 211 Å². The lowest BCUT2D eigenvalue weighted by Crippen LogP contribution is -2.43. The van der Waals surface area contributed by atoms with Gasteiger partial charge in [0.05, 0.1) is 38.8 Å². The number of fused-ring (bicyclic) bond motifs is 6. The summed E-state index contributed by atoms with van der Waals surface area (Å²) in [6.07, 6.45) is 1.03. The quantitative estimate of drug-likeness (QED) is 0.0326. The number of carbonyl (C=O) groups excluding carboxylic acids is 4. The molecule has 29 heteroatoms. The Morgan fingerprint density at radius 2 is 0.969 bits per heavy atom. The van der Waals surface area contributed by atoms with Crippen molar-refractivity contribution < 1.29 is 79.1 Å². The van der Waals surface area contributed by atoms with Crippen LogP contribution in [0.1, 0.15) is 62.6 Å². The van der Waals surface area contributed by atoms with Crippen LogP contribution in [0, 0.1) is 0 Å². The molecule has 2 aliphatic heterocycles. The molecule has 2 atom stereocenters. The van der Waals surface area contributed by atoms with Crippen LogP contribution < -0.4 is 15.2 Å². The number of Topliss-reactive ketones (excluding diaryl/α,β-unsaturated/α-hetero) is 1. The Kier molecular flexibility index (Phi) is 24.7. The lowest BCUT2D eigenvalue weighted by atomic mass is 10.0. The average molecular weight is 1510 g/mol. The summed E-state index contributed by atoms with van der Waals surface area (Å²) in [6.45, 7) is 5.99. The molecule has 0 unspecified atom stereocenters. The standard InChI is InChI=1S/C25H25ClF2N2O4S.C12H9ClF2O2S.C12H9ClO3S.C10H5ClF2O2S.C8H5ClS/c26-17-4-6-21-16(11-17)13-22(35-21)25(27,28)24(31)34-20(14-30-7-1-2-8-30)23(29)15-3-5-18-19(12-15)33-10-9-32-18;1-2-17-11(16)12(14,15)10-6-7-5-8(13)3-4-9(7)18-10;1-2-16-12(15)11(14)10-6-7-5-8(13)3-4-9(7)17-10;11-6-1-2-7-5(3-6)4-8(16-7)10(12,13)9(14)15;9-7-1-2-8-6(5-7)3-4-10-8/h3-6,11-13,20,23H,1-2,7-10,14,29H2;3-6H,2H2,1H3;3-6H,2H2,1H3;1-4H,(H,14,15);1-5H/t20-,23-;;;;/m1..../s1. The van der Waals surface area contributed by atoms with Crippen LogP contribution in [0.4, 0.5) is 26.3 Å². The average Bonchev–Trinajstić information content (AvgIpc) is 1.60. The van der Waals surface area contributed by atoms with Crippen LogP contribution in [-0.4, -0.2) is 91.8 Å². The van der Waals surface area contributed by atoms with Crippen molar-refractivity contribution >= 4 is 195 Å². The number of ether oxygens (including phenoxy) is 5. The number of carboxylic acids is 1. The van der Waals surface area contributed by atoms with Crippen molar-refractivity contribution in [2.45, 2.75) is 56.6 Å². The molecule has 1 saturated heterocycles. The number of nitrogens with two attached hydrogens (primary N) is 1. The van der Waals surface area contributed by atoms with E-state index in [0.717, 1.165) is 81.1 Å². The number of rotatable bonds is 15. The molecule has 0 bridgehead atoms. The van der Waals surface area contributed by atoms with Crippen molar-refractivity contribution in [1.29, 1.82) is 0 Å². The number of nitrogens with zero attached hydrogens (tertiary/aromatic N) is 1. The first-order valence-electron chi connectivity index (χ1n) is 28.9. The van der Waals surface area contributed by atoms with Gasteiger partial charge in [0.2, 0.25) is 0 Å². The first-order chi connectivity index (χ1) is 45.6. The Morgan fingerprint density at radius 3 is 1.46 bits per heavy atom. The van der Waals surface area contributed by atoms with E-state index in [0.29, 0.717) is 85.5 Å². The predicted molar refractivity (Wildman–Crippen MR) is 371 cm³/mol. The lowest BCUT2D eigenvalue weighted by molar-refractivity contribution is -0.181. The third kappa shape index (κ3) is 18.1. The van der Waals surface area contributed by atoms with Crippen molar-refractivity contribution in [3.63, 3.8) is 0 Å². The SMILES string of the molecule is CCOC(=O)C(=O)c1cc2cc(Cl)ccc2s1.CCOC(=O)C(F)(F)c1cc2cc(Cl)ccc2s1.Clc1ccc2sccc2c1.N[C@H](c1ccc2c(c1)OCCO2)[C@@H](CN1CCCC1)OC(=O)C(F)(F)c1cc2cc(Cl)ccc2s1.O=C(O)C(F)(F)c1cc2cc(Cl)ccc2s1. The molecule has 96 heavy (non-hydrogen) atoms. The van der Waals surface area contributed by atoms with Gasteiger partial charge in [0.15, 0.2) is 11.5 Å². The van der Waals surface area contributed by atoms with Crippen LogP contribution in [0.3, 0.4) is 0 Å². The van der Waals surface area contributed by atoms with Gasteiger partial charge in [0, 0.05) is 55.2 Å². The van der Waals surface area contributed by atoms with Gasteiger partial charge >= 0.3 is 41.6 Å². The number of ketones is 1. The van der Waals surface area contributed by atoms with Gasteiger partial charge < -0.3 is 34.5 Å². The second-order valence-electron chi connectivity index (χ2n) is 21.0. The molecule has 2 aliphatic rings. The van der Waals surface area contributed by atoms with E-state index >= 15 is 8.78 Å². The second kappa shape index (κ2) is 32.3. The summed E-state index contributed by atoms with van der Waals surface area (Å²) >= 11 is 34.5. The first kappa shape index (κ1) is 73.5. The zero-order valence-electron chi connectivity index (χ0n) is 50.1. The molecule has 3 N–H and O–H groups in total. The molecule has 13 rings (SSSR count). The minimum atomic E-state index is -3.85. The highest BCUT2D eigenvalue weighted by atomic mass is 35.5. The van der Waals surface area contributed by atoms with Crippen LogP contribution >= 0.6 is 115 Å². The van der Waals surface area contributed by atoms with Gasteiger partial charge in [-0.15, -0.1) is 56.7 Å². The number of benzene rings is 6. The molecule has 0 radical (unpaired) electrons. The topological polar surface area (TPSA) is 181 Å². The monoisotopic (exact) mass is 1510 g/mol. The maximum atomic E-state index is 15.3. The smallest absolute Gasteiger partial charge is 0.383 e. The van der Waals surface area contributed by atoms with E-state index in [1.807, 2.05) is 24.3 Å². The largest absolute Gasteiger partial charge is 0.486 e. The van der Waals surface area contributed by atoms with Crippen molar-refractivity contribution in [2.24, 2.45) is 5.73 Å². The van der Waals surface area contributed by atoms with E-state index < -0.39 is 69.3 Å². The minimum absolute atomic E-state index is 0.0782. The van der Waals surface area contributed by atoms with E-state index in [-0.39, 0.29) is 24.6 Å². The van der Waals surface area contributed by atoms with Gasteiger partial charge in [-0.25, -0.2) is 19.2 Å². The van der Waals surface area contributed by atoms with E-state index in [1.54, 1.807) is 103 Å². The Balaban J connectivity index is 0.000000151. The fourth-order valence-electron chi connectivity index (χ4n) is 9.53. The second-order valence-corrected chi connectivity index (χ2v) is 28.4. The Bertz CT molecular complexity index is 4630. The molecule has 1 fully saturated rings. The van der Waals surface area contributed by atoms with E-state index in [4.69, 9.17) is 83.1 Å². The van der Waals surface area contributed by atoms with E-state index in [9.17, 15) is 41.5 Å². The molecular formula is C67H53Cl5F6N2O11S5.